The van der Waals surface area contributed by atoms with E-state index in [0.29, 0.717) is 5.56 Å². The molecule has 0 aliphatic heterocycles. The van der Waals surface area contributed by atoms with Crippen molar-refractivity contribution in [1.82, 2.24) is 0 Å². The van der Waals surface area contributed by atoms with Crippen LogP contribution in [-0.2, 0) is 6.54 Å². The van der Waals surface area contributed by atoms with Crippen LogP contribution in [0.25, 0.3) is 0 Å². The summed E-state index contributed by atoms with van der Waals surface area (Å²) in [6.45, 7) is 0.219. The lowest BCUT2D eigenvalue weighted by atomic mass is 10.2. The quantitative estimate of drug-likeness (QED) is 0.662. The van der Waals surface area contributed by atoms with Gasteiger partial charge in [0.2, 0.25) is 0 Å². The summed E-state index contributed by atoms with van der Waals surface area (Å²) < 4.78 is 12.6. The second kappa shape index (κ2) is 2.99. The van der Waals surface area contributed by atoms with Gasteiger partial charge in [-0.1, -0.05) is 17.7 Å². The Bertz CT molecular complexity index is 237. The predicted molar refractivity (Wildman–Crippen MR) is 38.1 cm³/mol. The zero-order valence-electron chi connectivity index (χ0n) is 5.20. The largest absolute Gasteiger partial charge is 0.326 e. The SMILES string of the molecule is NCc1[c]ccc(F)c1Cl. The lowest BCUT2D eigenvalue weighted by Gasteiger charge is -1.98. The lowest BCUT2D eigenvalue weighted by molar-refractivity contribution is 0.626. The third kappa shape index (κ3) is 1.28. The molecule has 0 fully saturated rings. The number of hydrogen-bond acceptors (Lipinski definition) is 1. The zero-order valence-corrected chi connectivity index (χ0v) is 5.95. The van der Waals surface area contributed by atoms with Crippen LogP contribution in [0.1, 0.15) is 5.56 Å². The van der Waals surface area contributed by atoms with Gasteiger partial charge in [0, 0.05) is 6.54 Å². The van der Waals surface area contributed by atoms with E-state index in [1.54, 1.807) is 0 Å². The molecule has 0 aliphatic rings. The van der Waals surface area contributed by atoms with Gasteiger partial charge in [0.1, 0.15) is 5.82 Å². The van der Waals surface area contributed by atoms with E-state index < -0.39 is 5.82 Å². The Kier molecular flexibility index (Phi) is 2.25. The van der Waals surface area contributed by atoms with E-state index in [1.165, 1.54) is 12.1 Å². The van der Waals surface area contributed by atoms with Gasteiger partial charge in [0.25, 0.3) is 0 Å². The third-order valence-corrected chi connectivity index (χ3v) is 1.57. The average molecular weight is 159 g/mol. The number of nitrogens with two attached hydrogens (primary N) is 1. The first kappa shape index (κ1) is 7.51. The lowest BCUT2D eigenvalue weighted by Crippen LogP contribution is -1.98. The first-order valence-electron chi connectivity index (χ1n) is 2.80. The molecule has 0 saturated carbocycles. The molecule has 1 nitrogen and oxygen atoms in total. The van der Waals surface area contributed by atoms with Gasteiger partial charge >= 0.3 is 0 Å². The maximum absolute atomic E-state index is 12.6. The summed E-state index contributed by atoms with van der Waals surface area (Å²) >= 11 is 5.51. The molecule has 0 aliphatic carbocycles. The van der Waals surface area contributed by atoms with E-state index in [9.17, 15) is 4.39 Å². The van der Waals surface area contributed by atoms with Crippen molar-refractivity contribution in [3.63, 3.8) is 0 Å². The average Bonchev–Trinajstić information content (AvgIpc) is 1.95. The van der Waals surface area contributed by atoms with E-state index in [0.717, 1.165) is 0 Å². The summed E-state index contributed by atoms with van der Waals surface area (Å²) in [5.74, 6) is -0.444. The van der Waals surface area contributed by atoms with Crippen molar-refractivity contribution < 1.29 is 4.39 Å². The minimum atomic E-state index is -0.444. The Hall–Kier alpha value is -0.600. The zero-order chi connectivity index (χ0) is 7.56. The predicted octanol–water partition coefficient (Wildman–Crippen LogP) is 1.74. The molecule has 1 aromatic rings. The molecule has 0 aromatic heterocycles. The molecule has 0 heterocycles. The maximum Gasteiger partial charge on any atom is 0.142 e. The highest BCUT2D eigenvalue weighted by Gasteiger charge is 2.02. The van der Waals surface area contributed by atoms with Crippen LogP contribution in [0.3, 0.4) is 0 Å². The van der Waals surface area contributed by atoms with E-state index in [2.05, 4.69) is 6.07 Å². The fraction of sp³-hybridized carbons (Fsp3) is 0.143. The molecule has 0 spiro atoms. The number of hydrogen-bond donors (Lipinski definition) is 1. The highest BCUT2D eigenvalue weighted by atomic mass is 35.5. The van der Waals surface area contributed by atoms with Gasteiger partial charge in [-0.3, -0.25) is 0 Å². The Morgan fingerprint density at radius 3 is 2.90 bits per heavy atom. The fourth-order valence-corrected chi connectivity index (χ4v) is 0.839. The molecule has 0 unspecified atom stereocenters. The summed E-state index contributed by atoms with van der Waals surface area (Å²) in [6, 6.07) is 5.44. The molecule has 53 valence electrons. The molecule has 0 saturated heterocycles. The molecule has 0 atom stereocenters. The van der Waals surface area contributed by atoms with Crippen LogP contribution in [0, 0.1) is 11.9 Å². The van der Waals surface area contributed by atoms with Crippen LogP contribution in [0.5, 0.6) is 0 Å². The first-order valence-corrected chi connectivity index (χ1v) is 3.18. The van der Waals surface area contributed by atoms with Crippen molar-refractivity contribution in [2.75, 3.05) is 0 Å². The molecule has 0 amide bonds. The fourth-order valence-electron chi connectivity index (χ4n) is 0.645. The molecule has 2 N–H and O–H groups in total. The van der Waals surface area contributed by atoms with Gasteiger partial charge in [-0.15, -0.1) is 0 Å². The molecule has 1 rings (SSSR count). The topological polar surface area (TPSA) is 26.0 Å². The number of benzene rings is 1. The smallest absolute Gasteiger partial charge is 0.142 e. The summed E-state index contributed by atoms with van der Waals surface area (Å²) in [5, 5.41) is 0.0741. The van der Waals surface area contributed by atoms with Gasteiger partial charge in [-0.25, -0.2) is 4.39 Å². The second-order valence-corrected chi connectivity index (χ2v) is 2.20. The van der Waals surface area contributed by atoms with Crippen LogP contribution < -0.4 is 5.73 Å². The van der Waals surface area contributed by atoms with Crippen molar-refractivity contribution >= 4 is 11.6 Å². The molecule has 1 radical (unpaired) electrons. The summed E-state index contributed by atoms with van der Waals surface area (Å²) in [6.07, 6.45) is 0. The summed E-state index contributed by atoms with van der Waals surface area (Å²) in [4.78, 5) is 0. The summed E-state index contributed by atoms with van der Waals surface area (Å²) in [7, 11) is 0. The molecule has 1 aromatic carbocycles. The molecular formula is C7H6ClFN. The Balaban J connectivity index is 3.14. The number of rotatable bonds is 1. The maximum atomic E-state index is 12.6. The normalized spacial score (nSPS) is 9.90. The van der Waals surface area contributed by atoms with Crippen molar-refractivity contribution in [1.29, 1.82) is 0 Å². The highest BCUT2D eigenvalue weighted by Crippen LogP contribution is 2.17. The van der Waals surface area contributed by atoms with Crippen LogP contribution in [0.4, 0.5) is 4.39 Å². The van der Waals surface area contributed by atoms with Gasteiger partial charge < -0.3 is 5.73 Å². The standard InChI is InChI=1S/C7H6ClFN/c8-7-5(4-10)2-1-3-6(7)9/h1,3H,4,10H2. The Labute approximate surface area is 63.6 Å². The molecular weight excluding hydrogens is 153 g/mol. The van der Waals surface area contributed by atoms with E-state index >= 15 is 0 Å². The minimum absolute atomic E-state index is 0.0741. The highest BCUT2D eigenvalue weighted by molar-refractivity contribution is 6.31. The van der Waals surface area contributed by atoms with E-state index in [4.69, 9.17) is 17.3 Å². The van der Waals surface area contributed by atoms with Gasteiger partial charge in [-0.05, 0) is 17.7 Å². The second-order valence-electron chi connectivity index (χ2n) is 1.82. The Morgan fingerprint density at radius 2 is 2.40 bits per heavy atom. The van der Waals surface area contributed by atoms with Crippen LogP contribution in [0.2, 0.25) is 5.02 Å². The van der Waals surface area contributed by atoms with Crippen LogP contribution in [-0.4, -0.2) is 0 Å². The van der Waals surface area contributed by atoms with E-state index in [-0.39, 0.29) is 11.6 Å². The van der Waals surface area contributed by atoms with Crippen molar-refractivity contribution in [2.24, 2.45) is 5.73 Å². The van der Waals surface area contributed by atoms with Crippen LogP contribution in [0.15, 0.2) is 12.1 Å². The van der Waals surface area contributed by atoms with Crippen molar-refractivity contribution in [2.45, 2.75) is 6.54 Å². The third-order valence-electron chi connectivity index (χ3n) is 1.17. The molecule has 3 heteroatoms. The Morgan fingerprint density at radius 1 is 1.70 bits per heavy atom. The van der Waals surface area contributed by atoms with Crippen molar-refractivity contribution in [3.8, 4) is 0 Å². The molecule has 0 bridgehead atoms. The van der Waals surface area contributed by atoms with Crippen LogP contribution >= 0.6 is 11.6 Å². The number of halogens is 2. The van der Waals surface area contributed by atoms with Gasteiger partial charge in [0.15, 0.2) is 0 Å². The molecule has 10 heavy (non-hydrogen) atoms. The minimum Gasteiger partial charge on any atom is -0.326 e. The summed E-state index contributed by atoms with van der Waals surface area (Å²) in [5.41, 5.74) is 5.75. The monoisotopic (exact) mass is 158 g/mol. The van der Waals surface area contributed by atoms with E-state index in [1.807, 2.05) is 0 Å². The first-order chi connectivity index (χ1) is 4.75. The van der Waals surface area contributed by atoms with Crippen molar-refractivity contribution in [3.05, 3.63) is 34.6 Å². The van der Waals surface area contributed by atoms with Gasteiger partial charge in [-0.2, -0.15) is 0 Å². The van der Waals surface area contributed by atoms with Gasteiger partial charge in [0.05, 0.1) is 5.02 Å².